The van der Waals surface area contributed by atoms with Crippen LogP contribution in [0.5, 0.6) is 5.75 Å². The average Bonchev–Trinajstić information content (AvgIpc) is 2.84. The number of rotatable bonds is 3. The van der Waals surface area contributed by atoms with Crippen LogP contribution in [0.2, 0.25) is 0 Å². The van der Waals surface area contributed by atoms with Crippen molar-refractivity contribution >= 4 is 38.6 Å². The van der Waals surface area contributed by atoms with Gasteiger partial charge in [0.25, 0.3) is 0 Å². The highest BCUT2D eigenvalue weighted by molar-refractivity contribution is 9.10. The second-order valence-corrected chi connectivity index (χ2v) is 5.99. The lowest BCUT2D eigenvalue weighted by molar-refractivity contribution is 0.413. The van der Waals surface area contributed by atoms with Gasteiger partial charge in [-0.05, 0) is 42.8 Å². The number of ether oxygens (including phenoxy) is 1. The fourth-order valence-corrected chi connectivity index (χ4v) is 2.96. The Morgan fingerprint density at radius 1 is 1.24 bits per heavy atom. The van der Waals surface area contributed by atoms with Crippen molar-refractivity contribution in [1.82, 2.24) is 9.55 Å². The third-order valence-corrected chi connectivity index (χ3v) is 4.11. The molecule has 0 spiro atoms. The van der Waals surface area contributed by atoms with Gasteiger partial charge < -0.3 is 4.74 Å². The molecule has 0 N–H and O–H groups in total. The van der Waals surface area contributed by atoms with Crippen LogP contribution in [0.4, 0.5) is 0 Å². The summed E-state index contributed by atoms with van der Waals surface area (Å²) in [5.41, 5.74) is 4.06. The summed E-state index contributed by atoms with van der Waals surface area (Å²) >= 11 is 9.60. The predicted octanol–water partition coefficient (Wildman–Crippen LogP) is 4.84. The number of fused-ring (bicyclic) bond motifs is 1. The van der Waals surface area contributed by atoms with Crippen LogP contribution in [-0.2, 0) is 5.88 Å². The Bertz CT molecular complexity index is 813. The van der Waals surface area contributed by atoms with Gasteiger partial charge in [0, 0.05) is 4.47 Å². The molecule has 3 rings (SSSR count). The van der Waals surface area contributed by atoms with Gasteiger partial charge in [-0.3, -0.25) is 4.57 Å². The van der Waals surface area contributed by atoms with E-state index < -0.39 is 0 Å². The monoisotopic (exact) mass is 364 g/mol. The molecule has 2 aromatic carbocycles. The van der Waals surface area contributed by atoms with Crippen LogP contribution in [0.3, 0.4) is 0 Å². The molecule has 1 aromatic heterocycles. The molecule has 108 valence electrons. The Morgan fingerprint density at radius 2 is 2.05 bits per heavy atom. The number of aryl methyl sites for hydroxylation is 1. The quantitative estimate of drug-likeness (QED) is 0.621. The van der Waals surface area contributed by atoms with Gasteiger partial charge in [-0.2, -0.15) is 0 Å². The van der Waals surface area contributed by atoms with Gasteiger partial charge in [0.2, 0.25) is 0 Å². The first-order valence-corrected chi connectivity index (χ1v) is 7.84. The molecule has 0 fully saturated rings. The van der Waals surface area contributed by atoms with E-state index in [0.29, 0.717) is 5.88 Å². The number of aromatic nitrogens is 2. The molecule has 0 unspecified atom stereocenters. The van der Waals surface area contributed by atoms with E-state index in [0.717, 1.165) is 32.8 Å². The van der Waals surface area contributed by atoms with Crippen LogP contribution < -0.4 is 4.74 Å². The van der Waals surface area contributed by atoms with Crippen molar-refractivity contribution < 1.29 is 4.74 Å². The number of halogens is 2. The molecule has 21 heavy (non-hydrogen) atoms. The van der Waals surface area contributed by atoms with E-state index in [-0.39, 0.29) is 0 Å². The first-order chi connectivity index (χ1) is 10.1. The maximum absolute atomic E-state index is 6.09. The molecule has 0 saturated heterocycles. The maximum atomic E-state index is 6.09. The smallest absolute Gasteiger partial charge is 0.142 e. The molecule has 0 saturated carbocycles. The fraction of sp³-hybridized carbons (Fsp3) is 0.188. The molecule has 0 amide bonds. The summed E-state index contributed by atoms with van der Waals surface area (Å²) < 4.78 is 8.51. The van der Waals surface area contributed by atoms with E-state index in [1.807, 2.05) is 22.8 Å². The second kappa shape index (κ2) is 5.70. The molecule has 0 aliphatic carbocycles. The van der Waals surface area contributed by atoms with Crippen LogP contribution in [-0.4, -0.2) is 16.7 Å². The summed E-state index contributed by atoms with van der Waals surface area (Å²) in [7, 11) is 1.66. The lowest BCUT2D eigenvalue weighted by Gasteiger charge is -2.13. The Labute approximate surface area is 136 Å². The van der Waals surface area contributed by atoms with Crippen LogP contribution in [0.25, 0.3) is 16.7 Å². The van der Waals surface area contributed by atoms with E-state index in [1.165, 1.54) is 5.56 Å². The summed E-state index contributed by atoms with van der Waals surface area (Å²) in [6.45, 7) is 2.05. The third-order valence-electron chi connectivity index (χ3n) is 3.38. The van der Waals surface area contributed by atoms with E-state index in [2.05, 4.69) is 46.0 Å². The first-order valence-electron chi connectivity index (χ1n) is 6.52. The first kappa shape index (κ1) is 14.4. The molecule has 3 aromatic rings. The summed E-state index contributed by atoms with van der Waals surface area (Å²) in [5.74, 6) is 1.92. The molecule has 0 aliphatic heterocycles. The number of alkyl halides is 1. The lowest BCUT2D eigenvalue weighted by Crippen LogP contribution is -2.02. The minimum atomic E-state index is 0.337. The van der Waals surface area contributed by atoms with Gasteiger partial charge in [-0.1, -0.05) is 22.0 Å². The fourth-order valence-electron chi connectivity index (χ4n) is 2.44. The molecular formula is C16H14BrClN2O. The Morgan fingerprint density at radius 3 is 2.76 bits per heavy atom. The van der Waals surface area contributed by atoms with E-state index in [9.17, 15) is 0 Å². The Balaban J connectivity index is 2.36. The second-order valence-electron chi connectivity index (χ2n) is 4.81. The summed E-state index contributed by atoms with van der Waals surface area (Å²) in [6, 6.07) is 12.1. The number of hydrogen-bond acceptors (Lipinski definition) is 2. The molecule has 1 heterocycles. The van der Waals surface area contributed by atoms with Gasteiger partial charge in [0.15, 0.2) is 0 Å². The zero-order chi connectivity index (χ0) is 15.0. The molecule has 5 heteroatoms. The van der Waals surface area contributed by atoms with Crippen LogP contribution >= 0.6 is 27.5 Å². The largest absolute Gasteiger partial charge is 0.495 e. The van der Waals surface area contributed by atoms with Gasteiger partial charge in [-0.15, -0.1) is 11.6 Å². The number of nitrogens with zero attached hydrogens (tertiary/aromatic N) is 2. The zero-order valence-electron chi connectivity index (χ0n) is 11.7. The van der Waals surface area contributed by atoms with Crippen molar-refractivity contribution in [3.05, 3.63) is 52.3 Å². The predicted molar refractivity (Wildman–Crippen MR) is 89.6 cm³/mol. The van der Waals surface area contributed by atoms with Crippen molar-refractivity contribution in [2.24, 2.45) is 0 Å². The van der Waals surface area contributed by atoms with Crippen LogP contribution in [0, 0.1) is 6.92 Å². The van der Waals surface area contributed by atoms with E-state index >= 15 is 0 Å². The lowest BCUT2D eigenvalue weighted by atomic mass is 10.2. The number of methoxy groups -OCH3 is 1. The number of benzene rings is 2. The third kappa shape index (κ3) is 2.54. The van der Waals surface area contributed by atoms with Crippen LogP contribution in [0.1, 0.15) is 11.4 Å². The highest BCUT2D eigenvalue weighted by Crippen LogP contribution is 2.31. The van der Waals surface area contributed by atoms with Crippen molar-refractivity contribution in [2.75, 3.05) is 7.11 Å². The van der Waals surface area contributed by atoms with E-state index in [4.69, 9.17) is 16.3 Å². The Hall–Kier alpha value is -1.52. The van der Waals surface area contributed by atoms with Crippen molar-refractivity contribution in [2.45, 2.75) is 12.8 Å². The minimum absolute atomic E-state index is 0.337. The molecule has 0 aliphatic rings. The van der Waals surface area contributed by atoms with Gasteiger partial charge in [0.05, 0.1) is 29.7 Å². The summed E-state index contributed by atoms with van der Waals surface area (Å²) in [5, 5.41) is 0. The van der Waals surface area contributed by atoms with Crippen molar-refractivity contribution in [3.8, 4) is 11.4 Å². The van der Waals surface area contributed by atoms with Crippen LogP contribution in [0.15, 0.2) is 40.9 Å². The summed E-state index contributed by atoms with van der Waals surface area (Å²) in [4.78, 5) is 4.63. The maximum Gasteiger partial charge on any atom is 0.142 e. The molecular weight excluding hydrogens is 352 g/mol. The van der Waals surface area contributed by atoms with Gasteiger partial charge in [0.1, 0.15) is 11.6 Å². The summed E-state index contributed by atoms with van der Waals surface area (Å²) in [6.07, 6.45) is 0. The number of imidazole rings is 1. The molecule has 0 bridgehead atoms. The molecule has 0 atom stereocenters. The SMILES string of the molecule is COc1ccc(Br)cc1-n1c(CCl)nc2cc(C)ccc21. The molecule has 0 radical (unpaired) electrons. The normalized spacial score (nSPS) is 11.0. The molecule has 3 nitrogen and oxygen atoms in total. The topological polar surface area (TPSA) is 27.1 Å². The van der Waals surface area contributed by atoms with Crippen molar-refractivity contribution in [3.63, 3.8) is 0 Å². The zero-order valence-corrected chi connectivity index (χ0v) is 14.1. The Kier molecular flexibility index (Phi) is 3.91. The van der Waals surface area contributed by atoms with Crippen molar-refractivity contribution in [1.29, 1.82) is 0 Å². The highest BCUT2D eigenvalue weighted by atomic mass is 79.9. The van der Waals surface area contributed by atoms with E-state index in [1.54, 1.807) is 7.11 Å². The number of hydrogen-bond donors (Lipinski definition) is 0. The standard InChI is InChI=1S/C16H14BrClN2O/c1-10-3-5-13-12(7-10)19-16(9-18)20(13)14-8-11(17)4-6-15(14)21-2/h3-8H,9H2,1-2H3. The minimum Gasteiger partial charge on any atom is -0.495 e. The highest BCUT2D eigenvalue weighted by Gasteiger charge is 2.15. The average molecular weight is 366 g/mol. The van der Waals surface area contributed by atoms with Gasteiger partial charge >= 0.3 is 0 Å². The van der Waals surface area contributed by atoms with Gasteiger partial charge in [-0.25, -0.2) is 4.98 Å².